The second-order valence-electron chi connectivity index (χ2n) is 4.47. The van der Waals surface area contributed by atoms with Gasteiger partial charge in [0.15, 0.2) is 0 Å². The Morgan fingerprint density at radius 2 is 2.21 bits per heavy atom. The molecule has 0 aliphatic rings. The van der Waals surface area contributed by atoms with Crippen molar-refractivity contribution in [3.05, 3.63) is 40.4 Å². The highest BCUT2D eigenvalue weighted by Gasteiger charge is 2.06. The zero-order chi connectivity index (χ0) is 13.7. The van der Waals surface area contributed by atoms with Crippen LogP contribution in [0, 0.1) is 6.92 Å². The van der Waals surface area contributed by atoms with Crippen molar-refractivity contribution in [1.82, 2.24) is 4.98 Å². The average molecular weight is 296 g/mol. The van der Waals surface area contributed by atoms with E-state index in [9.17, 15) is 0 Å². The van der Waals surface area contributed by atoms with Gasteiger partial charge in [-0.15, -0.1) is 22.9 Å². The molecule has 0 bridgehead atoms. The van der Waals surface area contributed by atoms with Gasteiger partial charge in [-0.3, -0.25) is 0 Å². The summed E-state index contributed by atoms with van der Waals surface area (Å²) in [6.45, 7) is 5.73. The summed E-state index contributed by atoms with van der Waals surface area (Å²) in [6, 6.07) is 6.40. The largest absolute Gasteiger partial charge is 0.377 e. The Morgan fingerprint density at radius 3 is 2.84 bits per heavy atom. The summed E-state index contributed by atoms with van der Waals surface area (Å²) in [5.41, 5.74) is 4.58. The third-order valence-electron chi connectivity index (χ3n) is 2.88. The molecule has 0 aliphatic carbocycles. The fraction of sp³-hybridized carbons (Fsp3) is 0.400. The molecule has 1 heterocycles. The number of benzene rings is 1. The van der Waals surface area contributed by atoms with Gasteiger partial charge in [-0.1, -0.05) is 19.1 Å². The minimum atomic E-state index is 0.471. The van der Waals surface area contributed by atoms with Crippen molar-refractivity contribution in [3.8, 4) is 10.6 Å². The van der Waals surface area contributed by atoms with Crippen LogP contribution in [0.2, 0.25) is 0 Å². The molecule has 102 valence electrons. The number of hydrogen-bond acceptors (Lipinski definition) is 3. The maximum Gasteiger partial charge on any atom is 0.123 e. The Morgan fingerprint density at radius 1 is 1.37 bits per heavy atom. The predicted molar refractivity (Wildman–Crippen MR) is 81.8 cm³/mol. The van der Waals surface area contributed by atoms with Crippen LogP contribution < -0.4 is 0 Å². The Balaban J connectivity index is 2.13. The second-order valence-corrected chi connectivity index (χ2v) is 5.60. The lowest BCUT2D eigenvalue weighted by atomic mass is 10.1. The maximum absolute atomic E-state index is 5.78. The molecule has 0 atom stereocenters. The van der Waals surface area contributed by atoms with Gasteiger partial charge >= 0.3 is 0 Å². The van der Waals surface area contributed by atoms with Gasteiger partial charge in [0, 0.05) is 17.6 Å². The summed E-state index contributed by atoms with van der Waals surface area (Å²) in [7, 11) is 0. The van der Waals surface area contributed by atoms with Crippen molar-refractivity contribution in [2.75, 3.05) is 6.61 Å². The summed E-state index contributed by atoms with van der Waals surface area (Å²) in [5, 5.41) is 3.04. The molecule has 0 radical (unpaired) electrons. The number of thiazole rings is 1. The standard InChI is InChI=1S/C15H18ClNOS/c1-3-6-18-9-13-5-4-12(7-11(13)2)15-17-14(8-16)10-19-15/h4-5,7,10H,3,6,8-9H2,1-2H3. The smallest absolute Gasteiger partial charge is 0.123 e. The normalized spacial score (nSPS) is 10.9. The van der Waals surface area contributed by atoms with Gasteiger partial charge < -0.3 is 4.74 Å². The maximum atomic E-state index is 5.78. The first kappa shape index (κ1) is 14.5. The number of rotatable bonds is 6. The average Bonchev–Trinajstić information content (AvgIpc) is 2.89. The summed E-state index contributed by atoms with van der Waals surface area (Å²) < 4.78 is 5.59. The molecule has 19 heavy (non-hydrogen) atoms. The molecular formula is C15H18ClNOS. The molecule has 0 aliphatic heterocycles. The van der Waals surface area contributed by atoms with Crippen LogP contribution in [0.25, 0.3) is 10.6 Å². The summed E-state index contributed by atoms with van der Waals surface area (Å²) >= 11 is 7.42. The van der Waals surface area contributed by atoms with Crippen LogP contribution in [-0.4, -0.2) is 11.6 Å². The van der Waals surface area contributed by atoms with E-state index in [0.29, 0.717) is 12.5 Å². The number of alkyl halides is 1. The number of aryl methyl sites for hydroxylation is 1. The summed E-state index contributed by atoms with van der Waals surface area (Å²) in [4.78, 5) is 4.50. The number of hydrogen-bond donors (Lipinski definition) is 0. The van der Waals surface area contributed by atoms with E-state index in [-0.39, 0.29) is 0 Å². The van der Waals surface area contributed by atoms with Gasteiger partial charge in [0.1, 0.15) is 5.01 Å². The molecule has 0 unspecified atom stereocenters. The number of aromatic nitrogens is 1. The fourth-order valence-electron chi connectivity index (χ4n) is 1.82. The Kier molecular flexibility index (Phi) is 5.37. The first-order valence-electron chi connectivity index (χ1n) is 6.42. The SMILES string of the molecule is CCCOCc1ccc(-c2nc(CCl)cs2)cc1C. The molecule has 4 heteroatoms. The lowest BCUT2D eigenvalue weighted by Crippen LogP contribution is -1.96. The van der Waals surface area contributed by atoms with Gasteiger partial charge in [0.05, 0.1) is 18.2 Å². The molecule has 2 nitrogen and oxygen atoms in total. The lowest BCUT2D eigenvalue weighted by molar-refractivity contribution is 0.121. The Hall–Kier alpha value is -0.900. The third-order valence-corrected chi connectivity index (χ3v) is 4.10. The molecule has 0 fully saturated rings. The molecule has 0 saturated carbocycles. The van der Waals surface area contributed by atoms with E-state index < -0.39 is 0 Å². The van der Waals surface area contributed by atoms with E-state index in [1.54, 1.807) is 11.3 Å². The monoisotopic (exact) mass is 295 g/mol. The van der Waals surface area contributed by atoms with Crippen molar-refractivity contribution >= 4 is 22.9 Å². The van der Waals surface area contributed by atoms with Crippen molar-refractivity contribution < 1.29 is 4.74 Å². The summed E-state index contributed by atoms with van der Waals surface area (Å²) in [5.74, 6) is 0.471. The molecule has 2 rings (SSSR count). The van der Waals surface area contributed by atoms with Crippen LogP contribution in [0.4, 0.5) is 0 Å². The van der Waals surface area contributed by atoms with Crippen LogP contribution in [0.15, 0.2) is 23.6 Å². The highest BCUT2D eigenvalue weighted by Crippen LogP contribution is 2.26. The zero-order valence-corrected chi connectivity index (χ0v) is 12.9. The first-order chi connectivity index (χ1) is 9.24. The lowest BCUT2D eigenvalue weighted by Gasteiger charge is -2.08. The van der Waals surface area contributed by atoms with E-state index >= 15 is 0 Å². The van der Waals surface area contributed by atoms with E-state index in [2.05, 4.69) is 37.0 Å². The molecule has 1 aromatic carbocycles. The predicted octanol–water partition coefficient (Wildman–Crippen LogP) is 4.78. The van der Waals surface area contributed by atoms with Crippen molar-refractivity contribution in [3.63, 3.8) is 0 Å². The molecular weight excluding hydrogens is 278 g/mol. The number of nitrogens with zero attached hydrogens (tertiary/aromatic N) is 1. The molecule has 2 aromatic rings. The second kappa shape index (κ2) is 7.04. The highest BCUT2D eigenvalue weighted by molar-refractivity contribution is 7.13. The van der Waals surface area contributed by atoms with Crippen LogP contribution >= 0.6 is 22.9 Å². The van der Waals surface area contributed by atoms with Crippen LogP contribution in [-0.2, 0) is 17.2 Å². The number of ether oxygens (including phenoxy) is 1. The fourth-order valence-corrected chi connectivity index (χ4v) is 2.86. The zero-order valence-electron chi connectivity index (χ0n) is 11.3. The van der Waals surface area contributed by atoms with E-state index in [0.717, 1.165) is 29.3 Å². The minimum absolute atomic E-state index is 0.471. The van der Waals surface area contributed by atoms with Gasteiger partial charge in [0.25, 0.3) is 0 Å². The Bertz CT molecular complexity index is 539. The van der Waals surface area contributed by atoms with Crippen LogP contribution in [0.1, 0.15) is 30.2 Å². The quantitative estimate of drug-likeness (QED) is 0.565. The minimum Gasteiger partial charge on any atom is -0.377 e. The van der Waals surface area contributed by atoms with E-state index in [1.165, 1.54) is 11.1 Å². The van der Waals surface area contributed by atoms with Crippen molar-refractivity contribution in [2.24, 2.45) is 0 Å². The number of halogens is 1. The van der Waals surface area contributed by atoms with E-state index in [4.69, 9.17) is 16.3 Å². The first-order valence-corrected chi connectivity index (χ1v) is 7.84. The third kappa shape index (κ3) is 3.78. The topological polar surface area (TPSA) is 22.1 Å². The van der Waals surface area contributed by atoms with Crippen molar-refractivity contribution in [2.45, 2.75) is 32.8 Å². The van der Waals surface area contributed by atoms with Gasteiger partial charge in [-0.25, -0.2) is 4.98 Å². The molecule has 1 aromatic heterocycles. The molecule has 0 amide bonds. The summed E-state index contributed by atoms with van der Waals surface area (Å²) in [6.07, 6.45) is 1.05. The van der Waals surface area contributed by atoms with Gasteiger partial charge in [0.2, 0.25) is 0 Å². The van der Waals surface area contributed by atoms with Gasteiger partial charge in [-0.2, -0.15) is 0 Å². The molecule has 0 saturated heterocycles. The van der Waals surface area contributed by atoms with E-state index in [1.807, 2.05) is 5.38 Å². The van der Waals surface area contributed by atoms with Gasteiger partial charge in [-0.05, 0) is 30.5 Å². The molecule has 0 N–H and O–H groups in total. The van der Waals surface area contributed by atoms with Crippen molar-refractivity contribution in [1.29, 1.82) is 0 Å². The Labute approximate surface area is 123 Å². The van der Waals surface area contributed by atoms with Crippen LogP contribution in [0.5, 0.6) is 0 Å². The van der Waals surface area contributed by atoms with Crippen LogP contribution in [0.3, 0.4) is 0 Å². The molecule has 0 spiro atoms. The highest BCUT2D eigenvalue weighted by atomic mass is 35.5.